The predicted octanol–water partition coefficient (Wildman–Crippen LogP) is 2.00. The molecule has 0 aromatic heterocycles. The standard InChI is InChI=1S/C12H21NO2/c1-4-5-6-11(15)13-8-7-10(14)12(2,3)9-13/h4-9H2,1-3H3. The Labute approximate surface area is 91.8 Å². The highest BCUT2D eigenvalue weighted by Gasteiger charge is 2.35. The number of carbonyl (C=O) groups excluding carboxylic acids is 2. The molecule has 0 spiro atoms. The first-order chi connectivity index (χ1) is 6.97. The van der Waals surface area contributed by atoms with Crippen LogP contribution in [0.25, 0.3) is 0 Å². The topological polar surface area (TPSA) is 37.4 Å². The van der Waals surface area contributed by atoms with Gasteiger partial charge in [-0.05, 0) is 6.42 Å². The van der Waals surface area contributed by atoms with E-state index in [1.807, 2.05) is 18.7 Å². The molecule has 0 unspecified atom stereocenters. The Morgan fingerprint density at radius 3 is 2.67 bits per heavy atom. The molecular formula is C12H21NO2. The van der Waals surface area contributed by atoms with Crippen LogP contribution in [0.2, 0.25) is 0 Å². The second-order valence-electron chi connectivity index (χ2n) is 4.98. The summed E-state index contributed by atoms with van der Waals surface area (Å²) in [6.45, 7) is 7.14. The van der Waals surface area contributed by atoms with Gasteiger partial charge >= 0.3 is 0 Å². The summed E-state index contributed by atoms with van der Waals surface area (Å²) in [5.41, 5.74) is -0.347. The molecule has 1 rings (SSSR count). The van der Waals surface area contributed by atoms with E-state index < -0.39 is 0 Å². The summed E-state index contributed by atoms with van der Waals surface area (Å²) in [4.78, 5) is 25.2. The second-order valence-corrected chi connectivity index (χ2v) is 4.98. The first kappa shape index (κ1) is 12.2. The molecule has 3 heteroatoms. The SMILES string of the molecule is CCCCC(=O)N1CCC(=O)C(C)(C)C1. The van der Waals surface area contributed by atoms with E-state index in [1.54, 1.807) is 0 Å². The van der Waals surface area contributed by atoms with Crippen molar-refractivity contribution in [3.63, 3.8) is 0 Å². The fourth-order valence-electron chi connectivity index (χ4n) is 1.92. The average Bonchev–Trinajstić information content (AvgIpc) is 2.18. The lowest BCUT2D eigenvalue weighted by molar-refractivity contribution is -0.141. The number of hydrogen-bond acceptors (Lipinski definition) is 2. The zero-order chi connectivity index (χ0) is 11.5. The smallest absolute Gasteiger partial charge is 0.222 e. The number of rotatable bonds is 3. The van der Waals surface area contributed by atoms with Gasteiger partial charge in [0.25, 0.3) is 0 Å². The number of amides is 1. The molecule has 1 amide bonds. The summed E-state index contributed by atoms with van der Waals surface area (Å²) in [5.74, 6) is 0.486. The van der Waals surface area contributed by atoms with Crippen molar-refractivity contribution < 1.29 is 9.59 Å². The minimum atomic E-state index is -0.347. The fourth-order valence-corrected chi connectivity index (χ4v) is 1.92. The van der Waals surface area contributed by atoms with Crippen molar-refractivity contribution in [3.8, 4) is 0 Å². The van der Waals surface area contributed by atoms with Crippen LogP contribution in [-0.4, -0.2) is 29.7 Å². The second kappa shape index (κ2) is 4.77. The summed E-state index contributed by atoms with van der Waals surface area (Å²) >= 11 is 0. The molecule has 0 saturated carbocycles. The summed E-state index contributed by atoms with van der Waals surface area (Å²) in [7, 11) is 0. The van der Waals surface area contributed by atoms with E-state index in [0.717, 1.165) is 12.8 Å². The Morgan fingerprint density at radius 1 is 1.47 bits per heavy atom. The molecule has 15 heavy (non-hydrogen) atoms. The van der Waals surface area contributed by atoms with Crippen LogP contribution >= 0.6 is 0 Å². The highest BCUT2D eigenvalue weighted by atomic mass is 16.2. The summed E-state index contributed by atoms with van der Waals surface area (Å²) in [6.07, 6.45) is 3.14. The van der Waals surface area contributed by atoms with Gasteiger partial charge in [-0.15, -0.1) is 0 Å². The third-order valence-corrected chi connectivity index (χ3v) is 3.05. The maximum atomic E-state index is 11.8. The van der Waals surface area contributed by atoms with Gasteiger partial charge in [0.1, 0.15) is 5.78 Å². The van der Waals surface area contributed by atoms with Gasteiger partial charge in [0, 0.05) is 31.3 Å². The van der Waals surface area contributed by atoms with Gasteiger partial charge in [0.2, 0.25) is 5.91 Å². The van der Waals surface area contributed by atoms with E-state index in [1.165, 1.54) is 0 Å². The maximum Gasteiger partial charge on any atom is 0.222 e. The quantitative estimate of drug-likeness (QED) is 0.716. The number of likely N-dealkylation sites (tertiary alicyclic amines) is 1. The van der Waals surface area contributed by atoms with Gasteiger partial charge in [-0.2, -0.15) is 0 Å². The van der Waals surface area contributed by atoms with Crippen LogP contribution in [0.3, 0.4) is 0 Å². The van der Waals surface area contributed by atoms with E-state index in [-0.39, 0.29) is 17.1 Å². The molecule has 1 heterocycles. The number of Topliss-reactive ketones (excluding diaryl/α,β-unsaturated/α-hetero) is 1. The van der Waals surface area contributed by atoms with E-state index in [4.69, 9.17) is 0 Å². The molecule has 0 aromatic carbocycles. The first-order valence-electron chi connectivity index (χ1n) is 5.78. The van der Waals surface area contributed by atoms with Crippen LogP contribution in [0, 0.1) is 5.41 Å². The molecule has 0 N–H and O–H groups in total. The summed E-state index contributed by atoms with van der Waals surface area (Å²) in [6, 6.07) is 0. The highest BCUT2D eigenvalue weighted by Crippen LogP contribution is 2.25. The van der Waals surface area contributed by atoms with Crippen molar-refractivity contribution in [2.75, 3.05) is 13.1 Å². The maximum absolute atomic E-state index is 11.8. The van der Waals surface area contributed by atoms with E-state index in [9.17, 15) is 9.59 Å². The molecule has 0 radical (unpaired) electrons. The zero-order valence-electron chi connectivity index (χ0n) is 10.0. The van der Waals surface area contributed by atoms with Crippen molar-refractivity contribution in [2.24, 2.45) is 5.41 Å². The van der Waals surface area contributed by atoms with Gasteiger partial charge < -0.3 is 4.90 Å². The number of ketones is 1. The van der Waals surface area contributed by atoms with Gasteiger partial charge in [-0.1, -0.05) is 27.2 Å². The molecule has 0 bridgehead atoms. The van der Waals surface area contributed by atoms with Gasteiger partial charge in [-0.25, -0.2) is 0 Å². The number of nitrogens with zero attached hydrogens (tertiary/aromatic N) is 1. The Hall–Kier alpha value is -0.860. The lowest BCUT2D eigenvalue weighted by atomic mass is 9.82. The van der Waals surface area contributed by atoms with Crippen molar-refractivity contribution in [1.82, 2.24) is 4.90 Å². The molecule has 1 saturated heterocycles. The van der Waals surface area contributed by atoms with Gasteiger partial charge in [0.05, 0.1) is 0 Å². The van der Waals surface area contributed by atoms with Crippen molar-refractivity contribution in [3.05, 3.63) is 0 Å². The Balaban J connectivity index is 2.51. The molecule has 1 aliphatic rings. The molecule has 0 atom stereocenters. The highest BCUT2D eigenvalue weighted by molar-refractivity contribution is 5.87. The molecule has 1 aliphatic heterocycles. The van der Waals surface area contributed by atoms with E-state index >= 15 is 0 Å². The van der Waals surface area contributed by atoms with Crippen LogP contribution in [0.5, 0.6) is 0 Å². The van der Waals surface area contributed by atoms with E-state index in [2.05, 4.69) is 6.92 Å². The molecule has 3 nitrogen and oxygen atoms in total. The average molecular weight is 211 g/mol. The predicted molar refractivity (Wildman–Crippen MR) is 59.5 cm³/mol. The fraction of sp³-hybridized carbons (Fsp3) is 0.833. The number of hydrogen-bond donors (Lipinski definition) is 0. The van der Waals surface area contributed by atoms with Gasteiger partial charge in [-0.3, -0.25) is 9.59 Å². The van der Waals surface area contributed by atoms with Crippen LogP contribution in [0.4, 0.5) is 0 Å². The molecular weight excluding hydrogens is 190 g/mol. The van der Waals surface area contributed by atoms with Crippen LogP contribution in [0.15, 0.2) is 0 Å². The third-order valence-electron chi connectivity index (χ3n) is 3.05. The Bertz CT molecular complexity index is 258. The van der Waals surface area contributed by atoms with Crippen molar-refractivity contribution in [2.45, 2.75) is 46.5 Å². The van der Waals surface area contributed by atoms with Crippen LogP contribution in [0.1, 0.15) is 46.5 Å². The lowest BCUT2D eigenvalue weighted by Gasteiger charge is -2.36. The first-order valence-corrected chi connectivity index (χ1v) is 5.78. The van der Waals surface area contributed by atoms with Crippen molar-refractivity contribution in [1.29, 1.82) is 0 Å². The Morgan fingerprint density at radius 2 is 2.13 bits per heavy atom. The minimum absolute atomic E-state index is 0.206. The van der Waals surface area contributed by atoms with Gasteiger partial charge in [0.15, 0.2) is 0 Å². The van der Waals surface area contributed by atoms with Crippen molar-refractivity contribution >= 4 is 11.7 Å². The molecule has 0 aromatic rings. The summed E-state index contributed by atoms with van der Waals surface area (Å²) < 4.78 is 0. The monoisotopic (exact) mass is 211 g/mol. The number of piperidine rings is 1. The normalized spacial score (nSPS) is 20.5. The Kier molecular flexibility index (Phi) is 3.89. The van der Waals surface area contributed by atoms with Crippen LogP contribution < -0.4 is 0 Å². The minimum Gasteiger partial charge on any atom is -0.341 e. The number of carbonyl (C=O) groups is 2. The molecule has 86 valence electrons. The van der Waals surface area contributed by atoms with E-state index in [0.29, 0.717) is 25.9 Å². The largest absolute Gasteiger partial charge is 0.341 e. The molecule has 0 aliphatic carbocycles. The third kappa shape index (κ3) is 3.05. The number of unbranched alkanes of at least 4 members (excludes halogenated alkanes) is 1. The summed E-state index contributed by atoms with van der Waals surface area (Å²) in [5, 5.41) is 0. The zero-order valence-corrected chi connectivity index (χ0v) is 10.0. The molecule has 1 fully saturated rings. The lowest BCUT2D eigenvalue weighted by Crippen LogP contribution is -2.48. The van der Waals surface area contributed by atoms with Crippen LogP contribution in [-0.2, 0) is 9.59 Å².